The minimum absolute atomic E-state index is 0.378. The molecular formula is C13H18BrNO2. The lowest BCUT2D eigenvalue weighted by atomic mass is 10.1. The van der Waals surface area contributed by atoms with E-state index in [0.29, 0.717) is 11.7 Å². The molecule has 0 amide bonds. The van der Waals surface area contributed by atoms with Crippen LogP contribution in [0, 0.1) is 5.92 Å². The molecule has 1 aliphatic heterocycles. The van der Waals surface area contributed by atoms with Crippen LogP contribution in [0.1, 0.15) is 12.0 Å². The molecule has 3 nitrogen and oxygen atoms in total. The Bertz CT molecular complexity index is 384. The van der Waals surface area contributed by atoms with Crippen LogP contribution in [0.4, 0.5) is 0 Å². The van der Waals surface area contributed by atoms with E-state index in [1.807, 2.05) is 12.1 Å². The molecule has 1 aromatic rings. The lowest BCUT2D eigenvalue weighted by Crippen LogP contribution is -2.21. The first-order valence-electron chi connectivity index (χ1n) is 5.87. The second-order valence-corrected chi connectivity index (χ2v) is 5.53. The van der Waals surface area contributed by atoms with Gasteiger partial charge in [-0.2, -0.15) is 0 Å². The Kier molecular flexibility index (Phi) is 4.42. The lowest BCUT2D eigenvalue weighted by molar-refractivity contribution is 0.152. The van der Waals surface area contributed by atoms with Gasteiger partial charge < -0.3 is 9.84 Å². The molecule has 1 atom stereocenters. The molecule has 2 rings (SSSR count). The van der Waals surface area contributed by atoms with Crippen LogP contribution in [-0.2, 0) is 11.3 Å². The highest BCUT2D eigenvalue weighted by Gasteiger charge is 2.22. The average molecular weight is 300 g/mol. The van der Waals surface area contributed by atoms with Crippen molar-refractivity contribution in [2.75, 3.05) is 26.8 Å². The molecule has 17 heavy (non-hydrogen) atoms. The number of halogens is 1. The number of hydrogen-bond donors (Lipinski definition) is 1. The molecule has 1 unspecified atom stereocenters. The molecule has 1 aliphatic rings. The molecule has 0 aromatic heterocycles. The van der Waals surface area contributed by atoms with E-state index < -0.39 is 0 Å². The van der Waals surface area contributed by atoms with Crippen molar-refractivity contribution < 1.29 is 9.84 Å². The maximum Gasteiger partial charge on any atom is 0.120 e. The van der Waals surface area contributed by atoms with Crippen LogP contribution in [0.15, 0.2) is 22.7 Å². The Morgan fingerprint density at radius 3 is 3.12 bits per heavy atom. The number of phenols is 1. The Labute approximate surface area is 111 Å². The van der Waals surface area contributed by atoms with Crippen LogP contribution in [0.5, 0.6) is 5.75 Å². The third-order valence-corrected chi connectivity index (χ3v) is 3.70. The summed E-state index contributed by atoms with van der Waals surface area (Å²) in [5, 5.41) is 9.79. The normalized spacial score (nSPS) is 20.9. The predicted molar refractivity (Wildman–Crippen MR) is 71.1 cm³/mol. The fourth-order valence-corrected chi connectivity index (χ4v) is 2.76. The number of phenolic OH excluding ortho intramolecular Hbond substituents is 1. The number of nitrogens with zero attached hydrogens (tertiary/aromatic N) is 1. The molecule has 0 bridgehead atoms. The number of hydrogen-bond acceptors (Lipinski definition) is 3. The zero-order valence-electron chi connectivity index (χ0n) is 10.0. The van der Waals surface area contributed by atoms with Gasteiger partial charge >= 0.3 is 0 Å². The number of ether oxygens (including phenoxy) is 1. The number of likely N-dealkylation sites (tertiary alicyclic amines) is 1. The Morgan fingerprint density at radius 1 is 1.53 bits per heavy atom. The number of rotatable bonds is 4. The molecule has 1 aromatic carbocycles. The van der Waals surface area contributed by atoms with Gasteiger partial charge in [0.05, 0.1) is 6.61 Å². The van der Waals surface area contributed by atoms with E-state index in [9.17, 15) is 5.11 Å². The predicted octanol–water partition coefficient (Wildman–Crippen LogP) is 2.62. The van der Waals surface area contributed by atoms with Crippen LogP contribution in [0.25, 0.3) is 0 Å². The van der Waals surface area contributed by atoms with Gasteiger partial charge in [-0.15, -0.1) is 0 Å². The Balaban J connectivity index is 1.95. The second kappa shape index (κ2) is 5.85. The first kappa shape index (κ1) is 12.9. The van der Waals surface area contributed by atoms with Crippen LogP contribution in [0.2, 0.25) is 0 Å². The van der Waals surface area contributed by atoms with Crippen LogP contribution < -0.4 is 0 Å². The summed E-state index contributed by atoms with van der Waals surface area (Å²) in [6.07, 6.45) is 1.18. The molecule has 1 fully saturated rings. The molecule has 1 N–H and O–H groups in total. The van der Waals surface area contributed by atoms with Crippen LogP contribution >= 0.6 is 15.9 Å². The van der Waals surface area contributed by atoms with Gasteiger partial charge in [0.2, 0.25) is 0 Å². The first-order chi connectivity index (χ1) is 8.19. The quantitative estimate of drug-likeness (QED) is 0.928. The highest BCUT2D eigenvalue weighted by molar-refractivity contribution is 9.10. The van der Waals surface area contributed by atoms with Gasteiger partial charge in [0.25, 0.3) is 0 Å². The maximum atomic E-state index is 9.79. The standard InChI is InChI=1S/C13H18BrNO2/c1-17-9-10-4-5-15(7-10)8-11-6-12(14)2-3-13(11)16/h2-3,6,10,16H,4-5,7-9H2,1H3. The summed E-state index contributed by atoms with van der Waals surface area (Å²) in [7, 11) is 1.75. The molecule has 1 heterocycles. The van der Waals surface area contributed by atoms with E-state index in [1.165, 1.54) is 6.42 Å². The second-order valence-electron chi connectivity index (χ2n) is 4.62. The van der Waals surface area contributed by atoms with Gasteiger partial charge in [-0.05, 0) is 37.1 Å². The lowest BCUT2D eigenvalue weighted by Gasteiger charge is -2.16. The zero-order chi connectivity index (χ0) is 12.3. The van der Waals surface area contributed by atoms with Gasteiger partial charge in [-0.25, -0.2) is 0 Å². The Morgan fingerprint density at radius 2 is 2.35 bits per heavy atom. The largest absolute Gasteiger partial charge is 0.508 e. The van der Waals surface area contributed by atoms with Crippen molar-refractivity contribution in [3.8, 4) is 5.75 Å². The van der Waals surface area contributed by atoms with Gasteiger partial charge in [-0.3, -0.25) is 4.90 Å². The fraction of sp³-hybridized carbons (Fsp3) is 0.538. The number of methoxy groups -OCH3 is 1. The van der Waals surface area contributed by atoms with Crippen molar-refractivity contribution in [3.05, 3.63) is 28.2 Å². The van der Waals surface area contributed by atoms with Gasteiger partial charge in [0.15, 0.2) is 0 Å². The highest BCUT2D eigenvalue weighted by atomic mass is 79.9. The summed E-state index contributed by atoms with van der Waals surface area (Å²) in [4.78, 5) is 2.37. The fourth-order valence-electron chi connectivity index (χ4n) is 2.35. The van der Waals surface area contributed by atoms with E-state index in [1.54, 1.807) is 13.2 Å². The van der Waals surface area contributed by atoms with Crippen molar-refractivity contribution in [2.45, 2.75) is 13.0 Å². The Hall–Kier alpha value is -0.580. The molecule has 1 saturated heterocycles. The highest BCUT2D eigenvalue weighted by Crippen LogP contribution is 2.26. The molecule has 0 radical (unpaired) electrons. The summed E-state index contributed by atoms with van der Waals surface area (Å²) < 4.78 is 6.20. The van der Waals surface area contributed by atoms with Gasteiger partial charge in [0.1, 0.15) is 5.75 Å². The van der Waals surface area contributed by atoms with E-state index >= 15 is 0 Å². The monoisotopic (exact) mass is 299 g/mol. The van der Waals surface area contributed by atoms with E-state index in [-0.39, 0.29) is 0 Å². The van der Waals surface area contributed by atoms with Crippen molar-refractivity contribution in [1.29, 1.82) is 0 Å². The summed E-state index contributed by atoms with van der Waals surface area (Å²) in [5.41, 5.74) is 0.984. The van der Waals surface area contributed by atoms with E-state index in [2.05, 4.69) is 20.8 Å². The SMILES string of the molecule is COCC1CCN(Cc2cc(Br)ccc2O)C1. The number of benzene rings is 1. The summed E-state index contributed by atoms with van der Waals surface area (Å²) in [6, 6.07) is 5.58. The van der Waals surface area contributed by atoms with E-state index in [0.717, 1.165) is 36.3 Å². The van der Waals surface area contributed by atoms with Crippen molar-refractivity contribution in [1.82, 2.24) is 4.90 Å². The molecule has 0 aliphatic carbocycles. The zero-order valence-corrected chi connectivity index (χ0v) is 11.6. The topological polar surface area (TPSA) is 32.7 Å². The molecule has 0 spiro atoms. The first-order valence-corrected chi connectivity index (χ1v) is 6.67. The third kappa shape index (κ3) is 3.44. The molecular weight excluding hydrogens is 282 g/mol. The van der Waals surface area contributed by atoms with Crippen molar-refractivity contribution in [3.63, 3.8) is 0 Å². The van der Waals surface area contributed by atoms with Gasteiger partial charge in [-0.1, -0.05) is 15.9 Å². The maximum absolute atomic E-state index is 9.79. The number of aromatic hydroxyl groups is 1. The summed E-state index contributed by atoms with van der Waals surface area (Å²) in [6.45, 7) is 3.78. The summed E-state index contributed by atoms with van der Waals surface area (Å²) >= 11 is 3.43. The minimum Gasteiger partial charge on any atom is -0.508 e. The molecule has 0 saturated carbocycles. The average Bonchev–Trinajstić information content (AvgIpc) is 2.72. The van der Waals surface area contributed by atoms with Crippen molar-refractivity contribution in [2.24, 2.45) is 5.92 Å². The molecule has 94 valence electrons. The third-order valence-electron chi connectivity index (χ3n) is 3.21. The van der Waals surface area contributed by atoms with Crippen molar-refractivity contribution >= 4 is 15.9 Å². The smallest absolute Gasteiger partial charge is 0.120 e. The van der Waals surface area contributed by atoms with Crippen LogP contribution in [0.3, 0.4) is 0 Å². The summed E-state index contributed by atoms with van der Waals surface area (Å²) in [5.74, 6) is 1.01. The van der Waals surface area contributed by atoms with Gasteiger partial charge in [0, 0.05) is 30.2 Å². The van der Waals surface area contributed by atoms with Crippen LogP contribution in [-0.4, -0.2) is 36.8 Å². The molecule has 4 heteroatoms. The van der Waals surface area contributed by atoms with E-state index in [4.69, 9.17) is 4.74 Å². The minimum atomic E-state index is 0.378.